The highest BCUT2D eigenvalue weighted by Crippen LogP contribution is 2.32. The maximum Gasteiger partial charge on any atom is 0.383 e. The lowest BCUT2D eigenvalue weighted by Gasteiger charge is -2.22. The normalized spacial score (nSPS) is 16.0. The zero-order chi connectivity index (χ0) is 18.4. The smallest absolute Gasteiger partial charge is 0.383 e. The van der Waals surface area contributed by atoms with Crippen LogP contribution in [0.2, 0.25) is 0 Å². The van der Waals surface area contributed by atoms with E-state index in [1.165, 1.54) is 0 Å². The van der Waals surface area contributed by atoms with Crippen molar-refractivity contribution in [2.75, 3.05) is 6.61 Å². The minimum Gasteiger partial charge on any atom is -0.480 e. The Balaban J connectivity index is 2.29. The molecule has 6 heteroatoms. The fourth-order valence-corrected chi connectivity index (χ4v) is 2.04. The van der Waals surface area contributed by atoms with Crippen molar-refractivity contribution in [2.45, 2.75) is 39.9 Å². The molecule has 1 aromatic rings. The highest BCUT2D eigenvalue weighted by atomic mass is 16.6. The highest BCUT2D eigenvalue weighted by Gasteiger charge is 2.36. The number of benzene rings is 1. The molecule has 25 heavy (non-hydrogen) atoms. The van der Waals surface area contributed by atoms with Gasteiger partial charge < -0.3 is 18.9 Å². The monoisotopic (exact) mass is 346 g/mol. The zero-order valence-corrected chi connectivity index (χ0v) is 14.8. The largest absolute Gasteiger partial charge is 0.480 e. The van der Waals surface area contributed by atoms with Crippen molar-refractivity contribution in [2.24, 2.45) is 0 Å². The van der Waals surface area contributed by atoms with Crippen LogP contribution in [0.3, 0.4) is 0 Å². The van der Waals surface area contributed by atoms with Crippen LogP contribution >= 0.6 is 0 Å². The second-order valence-electron chi connectivity index (χ2n) is 6.30. The molecule has 2 rings (SSSR count). The fourth-order valence-electron chi connectivity index (χ4n) is 2.04. The van der Waals surface area contributed by atoms with Crippen molar-refractivity contribution in [1.29, 1.82) is 0 Å². The van der Waals surface area contributed by atoms with Crippen LogP contribution in [-0.2, 0) is 35.1 Å². The molecule has 134 valence electrons. The van der Waals surface area contributed by atoms with E-state index in [0.29, 0.717) is 0 Å². The Morgan fingerprint density at radius 2 is 1.84 bits per heavy atom. The molecule has 1 aliphatic rings. The Bertz CT molecular complexity index is 694. The van der Waals surface area contributed by atoms with E-state index in [2.05, 4.69) is 0 Å². The second-order valence-corrected chi connectivity index (χ2v) is 6.30. The predicted molar refractivity (Wildman–Crippen MR) is 89.9 cm³/mol. The number of ether oxygens (including phenoxy) is 4. The van der Waals surface area contributed by atoms with Crippen molar-refractivity contribution >= 4 is 11.9 Å². The van der Waals surface area contributed by atoms with E-state index in [9.17, 15) is 9.59 Å². The molecule has 0 bridgehead atoms. The van der Waals surface area contributed by atoms with Crippen molar-refractivity contribution < 1.29 is 28.5 Å². The Kier molecular flexibility index (Phi) is 5.85. The standard InChI is InChI=1S/C19H22O6/c1-5-22-15(20)11-14-16(25-19(2,3)4)17(18(21)24-14)23-12-13-9-7-6-8-10-13/h6-11H,5,12H2,1-4H3/b14-11-. The molecule has 0 aromatic heterocycles. The summed E-state index contributed by atoms with van der Waals surface area (Å²) in [5.41, 5.74) is 0.277. The molecule has 0 radical (unpaired) electrons. The van der Waals surface area contributed by atoms with Crippen molar-refractivity contribution in [3.63, 3.8) is 0 Å². The first kappa shape index (κ1) is 18.6. The van der Waals surface area contributed by atoms with E-state index in [1.54, 1.807) is 6.92 Å². The third-order valence-corrected chi connectivity index (χ3v) is 2.99. The topological polar surface area (TPSA) is 71.1 Å². The van der Waals surface area contributed by atoms with Crippen LogP contribution in [0, 0.1) is 0 Å². The van der Waals surface area contributed by atoms with Gasteiger partial charge in [0.25, 0.3) is 5.76 Å². The lowest BCUT2D eigenvalue weighted by molar-refractivity contribution is -0.138. The van der Waals surface area contributed by atoms with Crippen LogP contribution in [0.25, 0.3) is 0 Å². The summed E-state index contributed by atoms with van der Waals surface area (Å²) in [7, 11) is 0. The number of carbonyl (C=O) groups is 2. The van der Waals surface area contributed by atoms with Gasteiger partial charge >= 0.3 is 11.9 Å². The van der Waals surface area contributed by atoms with Crippen LogP contribution in [-0.4, -0.2) is 24.1 Å². The van der Waals surface area contributed by atoms with Gasteiger partial charge in [0.1, 0.15) is 12.2 Å². The summed E-state index contributed by atoms with van der Waals surface area (Å²) in [6, 6.07) is 9.39. The second kappa shape index (κ2) is 7.88. The molecule has 0 N–H and O–H groups in total. The van der Waals surface area contributed by atoms with Gasteiger partial charge in [-0.2, -0.15) is 0 Å². The Morgan fingerprint density at radius 3 is 2.44 bits per heavy atom. The molecule has 1 aliphatic heterocycles. The molecule has 0 atom stereocenters. The molecule has 6 nitrogen and oxygen atoms in total. The molecule has 0 fully saturated rings. The van der Waals surface area contributed by atoms with E-state index < -0.39 is 17.5 Å². The quantitative estimate of drug-likeness (QED) is 0.582. The van der Waals surface area contributed by atoms with E-state index in [1.807, 2.05) is 51.1 Å². The predicted octanol–water partition coefficient (Wildman–Crippen LogP) is 3.23. The van der Waals surface area contributed by atoms with Crippen LogP contribution in [0.5, 0.6) is 0 Å². The van der Waals surface area contributed by atoms with Crippen LogP contribution < -0.4 is 0 Å². The van der Waals surface area contributed by atoms with E-state index in [-0.39, 0.29) is 30.5 Å². The zero-order valence-electron chi connectivity index (χ0n) is 14.8. The number of hydrogen-bond donors (Lipinski definition) is 0. The van der Waals surface area contributed by atoms with Gasteiger partial charge in [-0.25, -0.2) is 9.59 Å². The number of carbonyl (C=O) groups excluding carboxylic acids is 2. The Hall–Kier alpha value is -2.76. The van der Waals surface area contributed by atoms with E-state index in [0.717, 1.165) is 11.6 Å². The van der Waals surface area contributed by atoms with Gasteiger partial charge in [0.2, 0.25) is 5.76 Å². The molecule has 0 saturated heterocycles. The summed E-state index contributed by atoms with van der Waals surface area (Å²) >= 11 is 0. The van der Waals surface area contributed by atoms with Crippen LogP contribution in [0.1, 0.15) is 33.3 Å². The third-order valence-electron chi connectivity index (χ3n) is 2.99. The van der Waals surface area contributed by atoms with Gasteiger partial charge in [0.15, 0.2) is 5.76 Å². The lowest BCUT2D eigenvalue weighted by Crippen LogP contribution is -2.20. The van der Waals surface area contributed by atoms with Gasteiger partial charge in [-0.05, 0) is 33.3 Å². The first-order valence-corrected chi connectivity index (χ1v) is 8.01. The van der Waals surface area contributed by atoms with Crippen LogP contribution in [0.15, 0.2) is 53.7 Å². The number of esters is 2. The average molecular weight is 346 g/mol. The summed E-state index contributed by atoms with van der Waals surface area (Å²) in [5.74, 6) is -1.30. The Labute approximate surface area is 147 Å². The number of cyclic esters (lactones) is 1. The molecular weight excluding hydrogens is 324 g/mol. The lowest BCUT2D eigenvalue weighted by atomic mass is 10.2. The first-order chi connectivity index (χ1) is 11.8. The van der Waals surface area contributed by atoms with Gasteiger partial charge in [-0.1, -0.05) is 30.3 Å². The third kappa shape index (κ3) is 5.38. The number of rotatable bonds is 6. The maximum absolute atomic E-state index is 12.2. The molecule has 0 saturated carbocycles. The van der Waals surface area contributed by atoms with Crippen molar-refractivity contribution in [1.82, 2.24) is 0 Å². The summed E-state index contributed by atoms with van der Waals surface area (Å²) in [5, 5.41) is 0. The first-order valence-electron chi connectivity index (χ1n) is 8.01. The van der Waals surface area contributed by atoms with E-state index in [4.69, 9.17) is 18.9 Å². The molecule has 0 unspecified atom stereocenters. The summed E-state index contributed by atoms with van der Waals surface area (Å²) in [6.45, 7) is 7.54. The van der Waals surface area contributed by atoms with Gasteiger partial charge in [0, 0.05) is 0 Å². The van der Waals surface area contributed by atoms with Gasteiger partial charge in [-0.3, -0.25) is 0 Å². The molecule has 0 spiro atoms. The van der Waals surface area contributed by atoms with Crippen LogP contribution in [0.4, 0.5) is 0 Å². The minimum absolute atomic E-state index is 0.0126. The summed E-state index contributed by atoms with van der Waals surface area (Å²) in [6.07, 6.45) is 1.08. The minimum atomic E-state index is -0.703. The SMILES string of the molecule is CCOC(=O)/C=C1\OC(=O)C(OCc2ccccc2)=C1OC(C)(C)C. The molecule has 0 aliphatic carbocycles. The average Bonchev–Trinajstić information content (AvgIpc) is 2.80. The summed E-state index contributed by atoms with van der Waals surface area (Å²) < 4.78 is 21.4. The van der Waals surface area contributed by atoms with Crippen molar-refractivity contribution in [3.8, 4) is 0 Å². The van der Waals surface area contributed by atoms with Gasteiger partial charge in [-0.15, -0.1) is 0 Å². The summed E-state index contributed by atoms with van der Waals surface area (Å²) in [4.78, 5) is 23.9. The molecule has 1 heterocycles. The maximum atomic E-state index is 12.2. The molecular formula is C19H22O6. The molecule has 1 aromatic carbocycles. The molecule has 0 amide bonds. The number of hydrogen-bond acceptors (Lipinski definition) is 6. The van der Waals surface area contributed by atoms with Gasteiger partial charge in [0.05, 0.1) is 12.7 Å². The van der Waals surface area contributed by atoms with Crippen molar-refractivity contribution in [3.05, 3.63) is 59.2 Å². The van der Waals surface area contributed by atoms with E-state index >= 15 is 0 Å². The fraction of sp³-hybridized carbons (Fsp3) is 0.368. The highest BCUT2D eigenvalue weighted by molar-refractivity contribution is 5.94. The Morgan fingerprint density at radius 1 is 1.16 bits per heavy atom.